The Bertz CT molecular complexity index is 793. The van der Waals surface area contributed by atoms with Gasteiger partial charge in [0.05, 0.1) is 4.90 Å². The van der Waals surface area contributed by atoms with Gasteiger partial charge in [0.1, 0.15) is 11.6 Å². The van der Waals surface area contributed by atoms with Crippen LogP contribution in [-0.2, 0) is 16.4 Å². The first kappa shape index (κ1) is 16.1. The third kappa shape index (κ3) is 3.14. The highest BCUT2D eigenvalue weighted by atomic mass is 32.2. The smallest absolute Gasteiger partial charge is 0.207 e. The Morgan fingerprint density at radius 2 is 1.61 bits per heavy atom. The summed E-state index contributed by atoms with van der Waals surface area (Å²) in [7, 11) is -3.52. The summed E-state index contributed by atoms with van der Waals surface area (Å²) in [5.41, 5.74) is 1.02. The molecule has 1 heterocycles. The second kappa shape index (κ2) is 6.02. The van der Waals surface area contributed by atoms with Gasteiger partial charge < -0.3 is 0 Å². The van der Waals surface area contributed by atoms with Crippen LogP contribution < -0.4 is 0 Å². The van der Waals surface area contributed by atoms with Gasteiger partial charge in [-0.25, -0.2) is 17.2 Å². The first-order valence-corrected chi connectivity index (χ1v) is 8.81. The summed E-state index contributed by atoms with van der Waals surface area (Å²) in [6.07, 6.45) is 0.207. The van der Waals surface area contributed by atoms with Crippen molar-refractivity contribution in [1.82, 2.24) is 4.31 Å². The van der Waals surface area contributed by atoms with Gasteiger partial charge in [0.15, 0.2) is 0 Å². The Hall–Kier alpha value is -1.79. The molecule has 1 aliphatic rings. The lowest BCUT2D eigenvalue weighted by Crippen LogP contribution is -2.50. The molecule has 0 N–H and O–H groups in total. The molecular weight excluding hydrogens is 320 g/mol. The van der Waals surface area contributed by atoms with E-state index in [1.807, 2.05) is 6.92 Å². The van der Waals surface area contributed by atoms with Gasteiger partial charge in [-0.1, -0.05) is 23.8 Å². The minimum atomic E-state index is -3.52. The molecule has 3 nitrogen and oxygen atoms in total. The molecule has 23 heavy (non-hydrogen) atoms. The molecule has 0 spiro atoms. The van der Waals surface area contributed by atoms with Crippen LogP contribution in [0.4, 0.5) is 8.78 Å². The fourth-order valence-electron chi connectivity index (χ4n) is 2.72. The van der Waals surface area contributed by atoms with E-state index in [2.05, 4.69) is 0 Å². The lowest BCUT2D eigenvalue weighted by atomic mass is 9.94. The number of nitrogens with zero attached hydrogens (tertiary/aromatic N) is 1. The van der Waals surface area contributed by atoms with Crippen LogP contribution in [0.3, 0.4) is 0 Å². The number of hydrogen-bond donors (Lipinski definition) is 0. The minimum Gasteiger partial charge on any atom is -0.207 e. The fourth-order valence-corrected chi connectivity index (χ4v) is 4.32. The van der Waals surface area contributed by atoms with Crippen LogP contribution >= 0.6 is 0 Å². The first-order valence-electron chi connectivity index (χ1n) is 7.37. The summed E-state index contributed by atoms with van der Waals surface area (Å²) in [6, 6.07) is 10.4. The van der Waals surface area contributed by atoms with Gasteiger partial charge in [-0.3, -0.25) is 0 Å². The van der Waals surface area contributed by atoms with Crippen LogP contribution in [0.15, 0.2) is 47.4 Å². The van der Waals surface area contributed by atoms with E-state index in [0.717, 1.165) is 5.56 Å². The standard InChI is InChI=1S/C17H17F2NO2S/c1-12-5-7-14(8-6-12)23(21,22)20-10-13(11-20)9-15-16(18)3-2-4-17(15)19/h2-8,13H,9-11H2,1H3. The van der Waals surface area contributed by atoms with Crippen LogP contribution in [0.2, 0.25) is 0 Å². The molecule has 0 bridgehead atoms. The average Bonchev–Trinajstić information content (AvgIpc) is 2.45. The normalized spacial score (nSPS) is 16.3. The van der Waals surface area contributed by atoms with Crippen molar-refractivity contribution in [2.45, 2.75) is 18.2 Å². The summed E-state index contributed by atoms with van der Waals surface area (Å²) >= 11 is 0. The molecule has 0 atom stereocenters. The van der Waals surface area contributed by atoms with Gasteiger partial charge >= 0.3 is 0 Å². The number of sulfonamides is 1. The zero-order valence-corrected chi connectivity index (χ0v) is 13.5. The van der Waals surface area contributed by atoms with Crippen molar-refractivity contribution in [2.24, 2.45) is 5.92 Å². The fraction of sp³-hybridized carbons (Fsp3) is 0.294. The number of hydrogen-bond acceptors (Lipinski definition) is 2. The monoisotopic (exact) mass is 337 g/mol. The number of rotatable bonds is 4. The molecule has 0 saturated carbocycles. The van der Waals surface area contributed by atoms with Gasteiger partial charge in [0.25, 0.3) is 0 Å². The van der Waals surface area contributed by atoms with Gasteiger partial charge in [-0.2, -0.15) is 4.31 Å². The van der Waals surface area contributed by atoms with Crippen molar-refractivity contribution >= 4 is 10.0 Å². The van der Waals surface area contributed by atoms with Crippen molar-refractivity contribution in [3.8, 4) is 0 Å². The van der Waals surface area contributed by atoms with Crippen molar-refractivity contribution in [1.29, 1.82) is 0 Å². The molecule has 0 amide bonds. The van der Waals surface area contributed by atoms with Crippen LogP contribution in [-0.4, -0.2) is 25.8 Å². The van der Waals surface area contributed by atoms with E-state index in [-0.39, 0.29) is 35.9 Å². The SMILES string of the molecule is Cc1ccc(S(=O)(=O)N2CC(Cc3c(F)cccc3F)C2)cc1. The second-order valence-corrected chi connectivity index (χ2v) is 7.84. The maximum atomic E-state index is 13.6. The summed E-state index contributed by atoms with van der Waals surface area (Å²) in [4.78, 5) is 0.249. The Morgan fingerprint density at radius 1 is 1.04 bits per heavy atom. The molecule has 0 aromatic heterocycles. The van der Waals surface area contributed by atoms with Gasteiger partial charge in [0, 0.05) is 18.7 Å². The zero-order valence-electron chi connectivity index (χ0n) is 12.7. The predicted octanol–water partition coefficient (Wildman–Crippen LogP) is 3.14. The Balaban J connectivity index is 1.68. The minimum absolute atomic E-state index is 0.0323. The lowest BCUT2D eigenvalue weighted by Gasteiger charge is -2.38. The predicted molar refractivity (Wildman–Crippen MR) is 83.5 cm³/mol. The summed E-state index contributed by atoms with van der Waals surface area (Å²) in [5, 5.41) is 0. The Kier molecular flexibility index (Phi) is 4.21. The van der Waals surface area contributed by atoms with Gasteiger partial charge in [-0.05, 0) is 43.5 Å². The molecule has 122 valence electrons. The van der Waals surface area contributed by atoms with Crippen LogP contribution in [0.1, 0.15) is 11.1 Å². The average molecular weight is 337 g/mol. The third-order valence-electron chi connectivity index (χ3n) is 4.14. The Morgan fingerprint density at radius 3 is 2.17 bits per heavy atom. The van der Waals surface area contributed by atoms with Gasteiger partial charge in [0.2, 0.25) is 10.0 Å². The molecule has 3 rings (SSSR count). The molecule has 0 aliphatic carbocycles. The lowest BCUT2D eigenvalue weighted by molar-refractivity contribution is 0.197. The van der Waals surface area contributed by atoms with E-state index >= 15 is 0 Å². The van der Waals surface area contributed by atoms with E-state index in [1.165, 1.54) is 22.5 Å². The molecule has 1 saturated heterocycles. The molecule has 2 aromatic carbocycles. The highest BCUT2D eigenvalue weighted by Gasteiger charge is 2.37. The van der Waals surface area contributed by atoms with Crippen LogP contribution in [0.5, 0.6) is 0 Å². The maximum Gasteiger partial charge on any atom is 0.243 e. The summed E-state index contributed by atoms with van der Waals surface area (Å²) in [6.45, 7) is 2.45. The Labute approximate surface area is 134 Å². The molecule has 2 aromatic rings. The molecule has 1 fully saturated rings. The van der Waals surface area contributed by atoms with Crippen molar-refractivity contribution in [2.75, 3.05) is 13.1 Å². The molecule has 0 radical (unpaired) electrons. The molecule has 0 unspecified atom stereocenters. The topological polar surface area (TPSA) is 37.4 Å². The first-order chi connectivity index (χ1) is 10.9. The van der Waals surface area contributed by atoms with E-state index in [4.69, 9.17) is 0 Å². The molecular formula is C17H17F2NO2S. The zero-order chi connectivity index (χ0) is 16.6. The maximum absolute atomic E-state index is 13.6. The number of aryl methyl sites for hydroxylation is 1. The van der Waals surface area contributed by atoms with Crippen molar-refractivity contribution in [3.63, 3.8) is 0 Å². The number of halogens is 2. The van der Waals surface area contributed by atoms with E-state index in [9.17, 15) is 17.2 Å². The highest BCUT2D eigenvalue weighted by Crippen LogP contribution is 2.28. The molecule has 6 heteroatoms. The summed E-state index contributed by atoms with van der Waals surface area (Å²) < 4.78 is 53.5. The second-order valence-electron chi connectivity index (χ2n) is 5.91. The highest BCUT2D eigenvalue weighted by molar-refractivity contribution is 7.89. The van der Waals surface area contributed by atoms with Crippen LogP contribution in [0.25, 0.3) is 0 Å². The largest absolute Gasteiger partial charge is 0.243 e. The molecule has 1 aliphatic heterocycles. The summed E-state index contributed by atoms with van der Waals surface area (Å²) in [5.74, 6) is -1.23. The number of benzene rings is 2. The van der Waals surface area contributed by atoms with Crippen LogP contribution in [0, 0.1) is 24.5 Å². The van der Waals surface area contributed by atoms with E-state index < -0.39 is 21.7 Å². The van der Waals surface area contributed by atoms with Crippen molar-refractivity contribution < 1.29 is 17.2 Å². The van der Waals surface area contributed by atoms with E-state index in [0.29, 0.717) is 0 Å². The quantitative estimate of drug-likeness (QED) is 0.859. The third-order valence-corrected chi connectivity index (χ3v) is 5.98. The van der Waals surface area contributed by atoms with Crippen molar-refractivity contribution in [3.05, 3.63) is 65.2 Å². The van der Waals surface area contributed by atoms with Gasteiger partial charge in [-0.15, -0.1) is 0 Å². The van der Waals surface area contributed by atoms with E-state index in [1.54, 1.807) is 24.3 Å².